The maximum atomic E-state index is 12.3. The van der Waals surface area contributed by atoms with Gasteiger partial charge in [-0.15, -0.1) is 12.4 Å². The Bertz CT molecular complexity index is 652. The number of nitrogens with one attached hydrogen (secondary N) is 1. The van der Waals surface area contributed by atoms with Gasteiger partial charge in [-0.3, -0.25) is 4.79 Å². The number of hydrogen-bond acceptors (Lipinski definition) is 3. The molecule has 0 fully saturated rings. The van der Waals surface area contributed by atoms with Crippen LogP contribution in [-0.4, -0.2) is 19.0 Å². The molecule has 0 aliphatic carbocycles. The number of benzene rings is 2. The molecule has 0 unspecified atom stereocenters. The standard InChI is InChI=1S/C18H21BrN2O2.ClH/c19-15-7-5-6-14(12-15)13-23-17-9-2-1-8-16(17)18(22)21-11-4-3-10-20;/h1-2,5-9,12H,3-4,10-11,13,20H2,(H,21,22);1H. The highest BCUT2D eigenvalue weighted by Crippen LogP contribution is 2.20. The lowest BCUT2D eigenvalue weighted by molar-refractivity contribution is 0.0948. The van der Waals surface area contributed by atoms with E-state index in [9.17, 15) is 4.79 Å². The molecule has 2 rings (SSSR count). The van der Waals surface area contributed by atoms with E-state index in [0.29, 0.717) is 31.0 Å². The summed E-state index contributed by atoms with van der Waals surface area (Å²) in [5.74, 6) is 0.468. The molecule has 0 bridgehead atoms. The molecule has 0 saturated heterocycles. The van der Waals surface area contributed by atoms with Crippen molar-refractivity contribution in [3.63, 3.8) is 0 Å². The van der Waals surface area contributed by atoms with Crippen LogP contribution in [0.1, 0.15) is 28.8 Å². The third-order valence-corrected chi connectivity index (χ3v) is 3.82. The molecule has 0 aliphatic heterocycles. The third-order valence-electron chi connectivity index (χ3n) is 3.33. The minimum Gasteiger partial charge on any atom is -0.488 e. The average Bonchev–Trinajstić information content (AvgIpc) is 2.57. The van der Waals surface area contributed by atoms with E-state index in [1.54, 1.807) is 6.07 Å². The Morgan fingerprint density at radius 2 is 1.92 bits per heavy atom. The fourth-order valence-electron chi connectivity index (χ4n) is 2.13. The predicted octanol–water partition coefficient (Wildman–Crippen LogP) is 3.92. The molecule has 0 aromatic heterocycles. The Morgan fingerprint density at radius 3 is 2.67 bits per heavy atom. The smallest absolute Gasteiger partial charge is 0.255 e. The Kier molecular flexibility index (Phi) is 9.45. The first-order chi connectivity index (χ1) is 11.2. The summed E-state index contributed by atoms with van der Waals surface area (Å²) in [4.78, 5) is 12.3. The highest BCUT2D eigenvalue weighted by molar-refractivity contribution is 9.10. The van der Waals surface area contributed by atoms with Gasteiger partial charge in [0.15, 0.2) is 0 Å². The van der Waals surface area contributed by atoms with Crippen LogP contribution in [-0.2, 0) is 6.61 Å². The number of hydrogen-bond donors (Lipinski definition) is 2. The van der Waals surface area contributed by atoms with Gasteiger partial charge in [-0.05, 0) is 49.2 Å². The highest BCUT2D eigenvalue weighted by Gasteiger charge is 2.11. The lowest BCUT2D eigenvalue weighted by atomic mass is 10.2. The normalized spacial score (nSPS) is 9.92. The van der Waals surface area contributed by atoms with Crippen molar-refractivity contribution in [2.75, 3.05) is 13.1 Å². The second-order valence-electron chi connectivity index (χ2n) is 5.17. The monoisotopic (exact) mass is 412 g/mol. The van der Waals surface area contributed by atoms with Gasteiger partial charge in [0.1, 0.15) is 12.4 Å². The lowest BCUT2D eigenvalue weighted by Crippen LogP contribution is -2.25. The first-order valence-corrected chi connectivity index (χ1v) is 8.44. The molecule has 2 aromatic rings. The fourth-order valence-corrected chi connectivity index (χ4v) is 2.58. The zero-order chi connectivity index (χ0) is 16.5. The van der Waals surface area contributed by atoms with Crippen LogP contribution in [0.3, 0.4) is 0 Å². The number of amides is 1. The van der Waals surface area contributed by atoms with E-state index < -0.39 is 0 Å². The summed E-state index contributed by atoms with van der Waals surface area (Å²) in [6.07, 6.45) is 1.78. The molecule has 0 saturated carbocycles. The van der Waals surface area contributed by atoms with Gasteiger partial charge < -0.3 is 15.8 Å². The molecular weight excluding hydrogens is 392 g/mol. The van der Waals surface area contributed by atoms with Crippen molar-refractivity contribution >= 4 is 34.2 Å². The fraction of sp³-hybridized carbons (Fsp3) is 0.278. The maximum absolute atomic E-state index is 12.3. The van der Waals surface area contributed by atoms with E-state index in [1.165, 1.54) is 0 Å². The van der Waals surface area contributed by atoms with Gasteiger partial charge in [0.25, 0.3) is 5.91 Å². The predicted molar refractivity (Wildman–Crippen MR) is 103 cm³/mol. The summed E-state index contributed by atoms with van der Waals surface area (Å²) in [6.45, 7) is 1.68. The van der Waals surface area contributed by atoms with Crippen LogP contribution in [0.2, 0.25) is 0 Å². The largest absolute Gasteiger partial charge is 0.488 e. The minimum atomic E-state index is -0.119. The van der Waals surface area contributed by atoms with Gasteiger partial charge in [0.05, 0.1) is 5.56 Å². The second-order valence-corrected chi connectivity index (χ2v) is 6.08. The number of para-hydroxylation sites is 1. The van der Waals surface area contributed by atoms with E-state index in [0.717, 1.165) is 22.9 Å². The van der Waals surface area contributed by atoms with E-state index in [1.807, 2.05) is 42.5 Å². The summed E-state index contributed by atoms with van der Waals surface area (Å²) in [5.41, 5.74) is 7.04. The summed E-state index contributed by atoms with van der Waals surface area (Å²) in [5, 5.41) is 2.90. The number of carbonyl (C=O) groups is 1. The molecule has 4 nitrogen and oxygen atoms in total. The molecule has 0 heterocycles. The lowest BCUT2D eigenvalue weighted by Gasteiger charge is -2.12. The number of ether oxygens (including phenoxy) is 1. The molecule has 0 atom stereocenters. The number of nitrogens with two attached hydrogens (primary N) is 1. The molecule has 130 valence electrons. The molecular formula is C18H22BrClN2O2. The van der Waals surface area contributed by atoms with Gasteiger partial charge in [-0.2, -0.15) is 0 Å². The topological polar surface area (TPSA) is 64.3 Å². The Morgan fingerprint density at radius 1 is 1.12 bits per heavy atom. The quantitative estimate of drug-likeness (QED) is 0.645. The zero-order valence-corrected chi connectivity index (χ0v) is 15.7. The Balaban J connectivity index is 0.00000288. The van der Waals surface area contributed by atoms with Crippen LogP contribution in [0.5, 0.6) is 5.75 Å². The first-order valence-electron chi connectivity index (χ1n) is 7.65. The zero-order valence-electron chi connectivity index (χ0n) is 13.3. The third kappa shape index (κ3) is 6.51. The van der Waals surface area contributed by atoms with Crippen LogP contribution < -0.4 is 15.8 Å². The molecule has 1 amide bonds. The summed E-state index contributed by atoms with van der Waals surface area (Å²) >= 11 is 3.44. The molecule has 24 heavy (non-hydrogen) atoms. The van der Waals surface area contributed by atoms with Crippen molar-refractivity contribution in [1.82, 2.24) is 5.32 Å². The molecule has 0 radical (unpaired) electrons. The van der Waals surface area contributed by atoms with Crippen LogP contribution in [0.15, 0.2) is 53.0 Å². The summed E-state index contributed by atoms with van der Waals surface area (Å²) in [7, 11) is 0. The van der Waals surface area contributed by atoms with Crippen molar-refractivity contribution < 1.29 is 9.53 Å². The molecule has 3 N–H and O–H groups in total. The van der Waals surface area contributed by atoms with Crippen LogP contribution in [0, 0.1) is 0 Å². The number of rotatable bonds is 8. The molecule has 0 spiro atoms. The van der Waals surface area contributed by atoms with E-state index in [2.05, 4.69) is 21.2 Å². The van der Waals surface area contributed by atoms with E-state index in [-0.39, 0.29) is 18.3 Å². The maximum Gasteiger partial charge on any atom is 0.255 e. The molecule has 2 aromatic carbocycles. The highest BCUT2D eigenvalue weighted by atomic mass is 79.9. The van der Waals surface area contributed by atoms with Gasteiger partial charge >= 0.3 is 0 Å². The van der Waals surface area contributed by atoms with Crippen molar-refractivity contribution in [2.24, 2.45) is 5.73 Å². The summed E-state index contributed by atoms with van der Waals surface area (Å²) < 4.78 is 6.83. The first kappa shape index (κ1) is 20.5. The van der Waals surface area contributed by atoms with Crippen LogP contribution in [0.4, 0.5) is 0 Å². The number of carbonyl (C=O) groups excluding carboxylic acids is 1. The average molecular weight is 414 g/mol. The van der Waals surface area contributed by atoms with E-state index >= 15 is 0 Å². The van der Waals surface area contributed by atoms with Crippen molar-refractivity contribution in [3.8, 4) is 5.75 Å². The molecule has 0 aliphatic rings. The Labute approximate surface area is 157 Å². The number of halogens is 2. The van der Waals surface area contributed by atoms with E-state index in [4.69, 9.17) is 10.5 Å². The minimum absolute atomic E-state index is 0. The van der Waals surface area contributed by atoms with Gasteiger partial charge in [0, 0.05) is 11.0 Å². The van der Waals surface area contributed by atoms with Crippen LogP contribution in [0.25, 0.3) is 0 Å². The van der Waals surface area contributed by atoms with Crippen LogP contribution >= 0.6 is 28.3 Å². The second kappa shape index (κ2) is 11.1. The van der Waals surface area contributed by atoms with Gasteiger partial charge in [-0.25, -0.2) is 0 Å². The molecule has 6 heteroatoms. The summed E-state index contributed by atoms with van der Waals surface area (Å²) in [6, 6.07) is 15.2. The van der Waals surface area contributed by atoms with Gasteiger partial charge in [-0.1, -0.05) is 40.2 Å². The van der Waals surface area contributed by atoms with Crippen molar-refractivity contribution in [3.05, 3.63) is 64.1 Å². The van der Waals surface area contributed by atoms with Crippen molar-refractivity contribution in [2.45, 2.75) is 19.4 Å². The number of unbranched alkanes of at least 4 members (excludes halogenated alkanes) is 1. The Hall–Kier alpha value is -1.56. The van der Waals surface area contributed by atoms with Gasteiger partial charge in [0.2, 0.25) is 0 Å². The SMILES string of the molecule is Cl.NCCCCNC(=O)c1ccccc1OCc1cccc(Br)c1. The van der Waals surface area contributed by atoms with Crippen molar-refractivity contribution in [1.29, 1.82) is 0 Å².